The molecule has 5 nitrogen and oxygen atoms in total. The number of aromatic nitrogens is 2. The van der Waals surface area contributed by atoms with Gasteiger partial charge in [-0.15, -0.1) is 0 Å². The zero-order valence-electron chi connectivity index (χ0n) is 17.1. The minimum atomic E-state index is -4.64. The van der Waals surface area contributed by atoms with E-state index in [1.807, 2.05) is 26.8 Å². The molecule has 1 aromatic carbocycles. The van der Waals surface area contributed by atoms with Crippen molar-refractivity contribution in [2.45, 2.75) is 40.3 Å². The highest BCUT2D eigenvalue weighted by atomic mass is 19.4. The number of halogens is 3. The van der Waals surface area contributed by atoms with Gasteiger partial charge in [-0.2, -0.15) is 13.2 Å². The maximum Gasteiger partial charge on any atom is 0.434 e. The van der Waals surface area contributed by atoms with Crippen LogP contribution in [0.2, 0.25) is 0 Å². The van der Waals surface area contributed by atoms with Gasteiger partial charge in [0.15, 0.2) is 5.69 Å². The molecule has 0 bridgehead atoms. The molecule has 30 heavy (non-hydrogen) atoms. The van der Waals surface area contributed by atoms with E-state index in [0.717, 1.165) is 5.56 Å². The number of primary amides is 1. The normalized spacial score (nSPS) is 13.3. The molecule has 3 aromatic rings. The Balaban J connectivity index is 0.000000216. The number of phenols is 1. The van der Waals surface area contributed by atoms with Crippen LogP contribution in [-0.4, -0.2) is 20.4 Å². The van der Waals surface area contributed by atoms with Crippen molar-refractivity contribution in [3.63, 3.8) is 0 Å². The van der Waals surface area contributed by atoms with Gasteiger partial charge in [0.1, 0.15) is 11.4 Å². The minimum absolute atomic E-state index is 0.0737. The minimum Gasteiger partial charge on any atom is -0.508 e. The fraction of sp³-hybridized carbons (Fsp3) is 0.273. The summed E-state index contributed by atoms with van der Waals surface area (Å²) in [7, 11) is 0. The summed E-state index contributed by atoms with van der Waals surface area (Å²) in [5, 5.41) is 9.22. The van der Waals surface area contributed by atoms with Crippen LogP contribution in [0.5, 0.6) is 5.75 Å². The van der Waals surface area contributed by atoms with Gasteiger partial charge in [-0.3, -0.25) is 4.79 Å². The summed E-state index contributed by atoms with van der Waals surface area (Å²) < 4.78 is 41.1. The Bertz CT molecular complexity index is 1160. The van der Waals surface area contributed by atoms with Crippen molar-refractivity contribution < 1.29 is 23.1 Å². The molecule has 0 atom stereocenters. The van der Waals surface area contributed by atoms with Crippen molar-refractivity contribution >= 4 is 17.1 Å². The molecule has 4 rings (SSSR count). The highest BCUT2D eigenvalue weighted by molar-refractivity contribution is 6.21. The van der Waals surface area contributed by atoms with Gasteiger partial charge in [-0.1, -0.05) is 11.6 Å². The van der Waals surface area contributed by atoms with E-state index in [-0.39, 0.29) is 23.2 Å². The van der Waals surface area contributed by atoms with Gasteiger partial charge < -0.3 is 15.2 Å². The molecule has 8 heteroatoms. The van der Waals surface area contributed by atoms with E-state index in [9.17, 15) is 23.1 Å². The topological polar surface area (TPSA) is 80.6 Å². The van der Waals surface area contributed by atoms with Crippen LogP contribution >= 0.6 is 0 Å². The number of nitrogens with two attached hydrogens (primary N) is 1. The van der Waals surface area contributed by atoms with Crippen LogP contribution < -0.4 is 5.73 Å². The number of carbonyl (C=O) groups is 1. The number of alkyl halides is 3. The molecular weight excluding hydrogens is 395 g/mol. The number of allylic oxidation sites excluding steroid dienone is 1. The third-order valence-electron chi connectivity index (χ3n) is 5.42. The maximum absolute atomic E-state index is 13.2. The van der Waals surface area contributed by atoms with Crippen LogP contribution in [0.15, 0.2) is 36.0 Å². The zero-order valence-corrected chi connectivity index (χ0v) is 17.1. The van der Waals surface area contributed by atoms with E-state index in [2.05, 4.69) is 4.98 Å². The van der Waals surface area contributed by atoms with Gasteiger partial charge in [0.05, 0.1) is 0 Å². The highest BCUT2D eigenvalue weighted by Crippen LogP contribution is 2.41. The Kier molecular flexibility index (Phi) is 5.36. The van der Waals surface area contributed by atoms with E-state index in [1.165, 1.54) is 17.2 Å². The second kappa shape index (κ2) is 7.51. The number of nitrogens with zero attached hydrogens (tertiary/aromatic N) is 2. The van der Waals surface area contributed by atoms with Crippen LogP contribution in [0.4, 0.5) is 13.2 Å². The first-order valence-corrected chi connectivity index (χ1v) is 9.26. The SMILES string of the molecule is CC1=C(C(N)=O)c2c(C(F)(F)F)nc3cccn3c2C1.Cc1ccc(O)c(C)c1C. The Morgan fingerprint density at radius 2 is 1.80 bits per heavy atom. The fourth-order valence-corrected chi connectivity index (χ4v) is 3.59. The number of hydrogen-bond donors (Lipinski definition) is 2. The van der Waals surface area contributed by atoms with E-state index in [1.54, 1.807) is 29.7 Å². The quantitative estimate of drug-likeness (QED) is 0.612. The van der Waals surface area contributed by atoms with Gasteiger partial charge >= 0.3 is 6.18 Å². The molecule has 2 aromatic heterocycles. The second-order valence-corrected chi connectivity index (χ2v) is 7.36. The second-order valence-electron chi connectivity index (χ2n) is 7.36. The van der Waals surface area contributed by atoms with Crippen LogP contribution in [0, 0.1) is 20.8 Å². The molecule has 1 amide bonds. The average molecular weight is 417 g/mol. The molecule has 0 saturated heterocycles. The number of hydrogen-bond acceptors (Lipinski definition) is 3. The lowest BCUT2D eigenvalue weighted by Gasteiger charge is -2.14. The van der Waals surface area contributed by atoms with Crippen molar-refractivity contribution in [1.29, 1.82) is 0 Å². The van der Waals surface area contributed by atoms with Gasteiger partial charge in [0.25, 0.3) is 0 Å². The average Bonchev–Trinajstić information content (AvgIpc) is 3.25. The molecule has 0 radical (unpaired) electrons. The number of carbonyl (C=O) groups excluding carboxylic acids is 1. The number of amides is 1. The van der Waals surface area contributed by atoms with Gasteiger partial charge in [-0.25, -0.2) is 4.98 Å². The summed E-state index contributed by atoms with van der Waals surface area (Å²) in [6.45, 7) is 7.60. The number of aryl methyl sites for hydroxylation is 1. The van der Waals surface area contributed by atoms with E-state index in [0.29, 0.717) is 17.0 Å². The number of aromatic hydroxyl groups is 1. The molecule has 1 aliphatic rings. The third kappa shape index (κ3) is 3.65. The monoisotopic (exact) mass is 417 g/mol. The predicted molar refractivity (Wildman–Crippen MR) is 108 cm³/mol. The summed E-state index contributed by atoms with van der Waals surface area (Å²) in [5.41, 5.74) is 8.45. The van der Waals surface area contributed by atoms with Gasteiger partial charge in [0, 0.05) is 29.4 Å². The largest absolute Gasteiger partial charge is 0.508 e. The standard InChI is InChI=1S/C13H10F3N3O.C9H12O/c1-6-5-7-10(9(6)12(17)20)11(13(14,15)16)18-8-3-2-4-19(7)8;1-6-4-5-9(10)8(3)7(6)2/h2-4H,5H2,1H3,(H2,17,20);4-5,10H,1-3H3. The molecule has 0 fully saturated rings. The number of fused-ring (bicyclic) bond motifs is 3. The van der Waals surface area contributed by atoms with Crippen molar-refractivity contribution in [1.82, 2.24) is 9.38 Å². The molecule has 0 unspecified atom stereocenters. The predicted octanol–water partition coefficient (Wildman–Crippen LogP) is 4.49. The summed E-state index contributed by atoms with van der Waals surface area (Å²) in [6.07, 6.45) is -2.76. The Hall–Kier alpha value is -3.29. The summed E-state index contributed by atoms with van der Waals surface area (Å²) in [4.78, 5) is 15.1. The third-order valence-corrected chi connectivity index (χ3v) is 5.42. The Morgan fingerprint density at radius 3 is 2.37 bits per heavy atom. The number of phenolic OH excluding ortho intramolecular Hbond substituents is 1. The lowest BCUT2D eigenvalue weighted by Crippen LogP contribution is -2.19. The summed E-state index contributed by atoms with van der Waals surface area (Å²) in [5.74, 6) is -0.469. The van der Waals surface area contributed by atoms with Gasteiger partial charge in [-0.05, 0) is 62.6 Å². The summed E-state index contributed by atoms with van der Waals surface area (Å²) >= 11 is 0. The maximum atomic E-state index is 13.2. The number of benzene rings is 1. The molecule has 158 valence electrons. The van der Waals surface area contributed by atoms with Crippen molar-refractivity contribution in [3.05, 3.63) is 69.7 Å². The first kappa shape index (κ1) is 21.4. The summed E-state index contributed by atoms with van der Waals surface area (Å²) in [6, 6.07) is 6.77. The highest BCUT2D eigenvalue weighted by Gasteiger charge is 2.41. The molecule has 0 saturated carbocycles. The van der Waals surface area contributed by atoms with Crippen LogP contribution in [0.1, 0.15) is 40.6 Å². The smallest absolute Gasteiger partial charge is 0.434 e. The molecule has 0 spiro atoms. The first-order chi connectivity index (χ1) is 13.9. The Labute approximate surface area is 171 Å². The van der Waals surface area contributed by atoms with Crippen molar-refractivity contribution in [2.75, 3.05) is 0 Å². The van der Waals surface area contributed by atoms with Crippen molar-refractivity contribution in [2.24, 2.45) is 5.73 Å². The van der Waals surface area contributed by atoms with E-state index < -0.39 is 17.8 Å². The van der Waals surface area contributed by atoms with Gasteiger partial charge in [0.2, 0.25) is 5.91 Å². The van der Waals surface area contributed by atoms with E-state index in [4.69, 9.17) is 5.73 Å². The Morgan fingerprint density at radius 1 is 1.13 bits per heavy atom. The molecule has 2 heterocycles. The van der Waals surface area contributed by atoms with Crippen LogP contribution in [0.3, 0.4) is 0 Å². The fourth-order valence-electron chi connectivity index (χ4n) is 3.59. The molecule has 3 N–H and O–H groups in total. The first-order valence-electron chi connectivity index (χ1n) is 9.26. The number of rotatable bonds is 1. The molecule has 0 aliphatic heterocycles. The van der Waals surface area contributed by atoms with Crippen molar-refractivity contribution in [3.8, 4) is 5.75 Å². The molecule has 1 aliphatic carbocycles. The van der Waals surface area contributed by atoms with Crippen LogP contribution in [-0.2, 0) is 17.4 Å². The lowest BCUT2D eigenvalue weighted by molar-refractivity contribution is -0.141. The molecular formula is C22H22F3N3O2. The zero-order chi connectivity index (χ0) is 22.4. The van der Waals surface area contributed by atoms with Crippen LogP contribution in [0.25, 0.3) is 11.2 Å². The van der Waals surface area contributed by atoms with E-state index >= 15 is 0 Å². The lowest BCUT2D eigenvalue weighted by atomic mass is 10.0.